The van der Waals surface area contributed by atoms with Crippen LogP contribution >= 0.6 is 0 Å². The fourth-order valence-corrected chi connectivity index (χ4v) is 0.798. The van der Waals surface area contributed by atoms with Crippen molar-refractivity contribution < 1.29 is 4.74 Å². The molecule has 2 heteroatoms. The highest BCUT2D eigenvalue weighted by Crippen LogP contribution is 2.15. The number of hydrogen-bond donors (Lipinski definition) is 1. The maximum Gasteiger partial charge on any atom is 0.183 e. The Balaban J connectivity index is 3.81. The van der Waals surface area contributed by atoms with Gasteiger partial charge in [-0.1, -0.05) is 27.2 Å². The highest BCUT2D eigenvalue weighted by Gasteiger charge is 2.15. The van der Waals surface area contributed by atoms with Gasteiger partial charge in [-0.15, -0.1) is 0 Å². The summed E-state index contributed by atoms with van der Waals surface area (Å²) in [4.78, 5) is 0. The minimum Gasteiger partial charge on any atom is -0.484 e. The van der Waals surface area contributed by atoms with Crippen molar-refractivity contribution in [3.8, 4) is 0 Å². The lowest BCUT2D eigenvalue weighted by Gasteiger charge is -2.17. The van der Waals surface area contributed by atoms with Crippen LogP contribution in [0.25, 0.3) is 0 Å². The van der Waals surface area contributed by atoms with Crippen molar-refractivity contribution in [3.63, 3.8) is 0 Å². The van der Waals surface area contributed by atoms with E-state index in [0.717, 1.165) is 6.42 Å². The molecule has 0 aliphatic heterocycles. The van der Waals surface area contributed by atoms with Crippen LogP contribution in [0.4, 0.5) is 0 Å². The van der Waals surface area contributed by atoms with Crippen LogP contribution < -0.4 is 0 Å². The molecule has 0 spiro atoms. The molecule has 0 aliphatic rings. The zero-order chi connectivity index (χ0) is 8.15. The van der Waals surface area contributed by atoms with Gasteiger partial charge in [-0.3, -0.25) is 5.41 Å². The monoisotopic (exact) mass is 143 g/mol. The Morgan fingerprint density at radius 2 is 2.00 bits per heavy atom. The average molecular weight is 143 g/mol. The molecule has 2 atom stereocenters. The van der Waals surface area contributed by atoms with Crippen molar-refractivity contribution in [3.05, 3.63) is 0 Å². The predicted molar refractivity (Wildman–Crippen MR) is 43.4 cm³/mol. The van der Waals surface area contributed by atoms with Crippen molar-refractivity contribution in [1.29, 1.82) is 5.41 Å². The molecule has 1 unspecified atom stereocenters. The van der Waals surface area contributed by atoms with Gasteiger partial charge in [0.2, 0.25) is 0 Å². The first kappa shape index (κ1) is 9.47. The molecule has 10 heavy (non-hydrogen) atoms. The highest BCUT2D eigenvalue weighted by molar-refractivity contribution is 5.75. The molecule has 0 aromatic carbocycles. The molecule has 0 fully saturated rings. The van der Waals surface area contributed by atoms with Crippen molar-refractivity contribution in [1.82, 2.24) is 0 Å². The maximum absolute atomic E-state index is 7.35. The maximum atomic E-state index is 7.35. The van der Waals surface area contributed by atoms with Gasteiger partial charge >= 0.3 is 0 Å². The third-order valence-corrected chi connectivity index (χ3v) is 2.13. The van der Waals surface area contributed by atoms with E-state index in [0.29, 0.717) is 11.8 Å². The summed E-state index contributed by atoms with van der Waals surface area (Å²) < 4.78 is 4.82. The van der Waals surface area contributed by atoms with Gasteiger partial charge in [-0.05, 0) is 5.92 Å². The second-order valence-electron chi connectivity index (χ2n) is 2.74. The summed E-state index contributed by atoms with van der Waals surface area (Å²) in [7, 11) is 1.56. The summed E-state index contributed by atoms with van der Waals surface area (Å²) >= 11 is 0. The molecule has 0 rings (SSSR count). The van der Waals surface area contributed by atoms with Crippen LogP contribution in [-0.4, -0.2) is 13.0 Å². The minimum atomic E-state index is 0.259. The van der Waals surface area contributed by atoms with Gasteiger partial charge in [-0.25, -0.2) is 0 Å². The van der Waals surface area contributed by atoms with Crippen molar-refractivity contribution in [2.75, 3.05) is 7.11 Å². The first-order valence-electron chi connectivity index (χ1n) is 3.75. The van der Waals surface area contributed by atoms with E-state index in [9.17, 15) is 0 Å². The van der Waals surface area contributed by atoms with E-state index in [1.165, 1.54) is 0 Å². The van der Waals surface area contributed by atoms with Gasteiger partial charge in [0, 0.05) is 5.92 Å². The standard InChI is InChI=1S/C8H17NO/c1-5-6(2)7(3)8(9)10-4/h6-7,9H,5H2,1-4H3/t6-,7?/m1/s1. The van der Waals surface area contributed by atoms with E-state index >= 15 is 0 Å². The van der Waals surface area contributed by atoms with Crippen molar-refractivity contribution in [2.24, 2.45) is 11.8 Å². The number of rotatable bonds is 3. The molecule has 0 bridgehead atoms. The van der Waals surface area contributed by atoms with E-state index in [1.54, 1.807) is 7.11 Å². The third-order valence-electron chi connectivity index (χ3n) is 2.13. The van der Waals surface area contributed by atoms with Gasteiger partial charge in [-0.2, -0.15) is 0 Å². The molecular formula is C8H17NO. The number of hydrogen-bond acceptors (Lipinski definition) is 2. The summed E-state index contributed by atoms with van der Waals surface area (Å²) in [5.41, 5.74) is 0. The van der Waals surface area contributed by atoms with Gasteiger partial charge < -0.3 is 4.74 Å². The van der Waals surface area contributed by atoms with Crippen LogP contribution in [0.3, 0.4) is 0 Å². The second-order valence-corrected chi connectivity index (χ2v) is 2.74. The molecule has 0 aromatic rings. The van der Waals surface area contributed by atoms with Crippen LogP contribution in [0, 0.1) is 17.2 Å². The Bertz CT molecular complexity index is 112. The van der Waals surface area contributed by atoms with Gasteiger partial charge in [0.1, 0.15) is 0 Å². The molecule has 0 aliphatic carbocycles. The third kappa shape index (κ3) is 2.38. The molecular weight excluding hydrogens is 126 g/mol. The van der Waals surface area contributed by atoms with Gasteiger partial charge in [0.25, 0.3) is 0 Å². The molecule has 0 saturated carbocycles. The van der Waals surface area contributed by atoms with Crippen LogP contribution in [0.2, 0.25) is 0 Å². The summed E-state index contributed by atoms with van der Waals surface area (Å²) in [5.74, 6) is 1.21. The van der Waals surface area contributed by atoms with E-state index < -0.39 is 0 Å². The Hall–Kier alpha value is -0.530. The lowest BCUT2D eigenvalue weighted by atomic mass is 9.94. The molecule has 0 amide bonds. The van der Waals surface area contributed by atoms with Crippen molar-refractivity contribution >= 4 is 5.90 Å². The van der Waals surface area contributed by atoms with Crippen LogP contribution in [0.5, 0.6) is 0 Å². The topological polar surface area (TPSA) is 33.1 Å². The average Bonchev–Trinajstić information content (AvgIpc) is 2.00. The minimum absolute atomic E-state index is 0.259. The number of methoxy groups -OCH3 is 1. The molecule has 60 valence electrons. The molecule has 0 aromatic heterocycles. The predicted octanol–water partition coefficient (Wildman–Crippen LogP) is 2.29. The summed E-state index contributed by atoms with van der Waals surface area (Å²) in [6.45, 7) is 6.29. The van der Waals surface area contributed by atoms with E-state index in [2.05, 4.69) is 13.8 Å². The SMILES string of the molecule is CC[C@@H](C)C(C)C(=N)OC. The largest absolute Gasteiger partial charge is 0.484 e. The highest BCUT2D eigenvalue weighted by atomic mass is 16.5. The number of nitrogens with one attached hydrogen (secondary N) is 1. The molecule has 0 heterocycles. The Kier molecular flexibility index (Phi) is 4.08. The van der Waals surface area contributed by atoms with Gasteiger partial charge in [0.05, 0.1) is 7.11 Å². The second kappa shape index (κ2) is 4.31. The normalized spacial score (nSPS) is 16.0. The molecule has 2 nitrogen and oxygen atoms in total. The molecule has 0 radical (unpaired) electrons. The fraction of sp³-hybridized carbons (Fsp3) is 0.875. The van der Waals surface area contributed by atoms with E-state index in [1.807, 2.05) is 6.92 Å². The van der Waals surface area contributed by atoms with Crippen LogP contribution in [0.1, 0.15) is 27.2 Å². The zero-order valence-electron chi connectivity index (χ0n) is 7.27. The molecule has 1 N–H and O–H groups in total. The Labute approximate surface area is 63.1 Å². The number of ether oxygens (including phenoxy) is 1. The fourth-order valence-electron chi connectivity index (χ4n) is 0.798. The van der Waals surface area contributed by atoms with Crippen molar-refractivity contribution in [2.45, 2.75) is 27.2 Å². The quantitative estimate of drug-likeness (QED) is 0.477. The van der Waals surface area contributed by atoms with Gasteiger partial charge in [0.15, 0.2) is 5.90 Å². The Morgan fingerprint density at radius 3 is 2.30 bits per heavy atom. The van der Waals surface area contributed by atoms with E-state index in [-0.39, 0.29) is 5.92 Å². The Morgan fingerprint density at radius 1 is 1.50 bits per heavy atom. The lowest BCUT2D eigenvalue weighted by Crippen LogP contribution is -2.18. The summed E-state index contributed by atoms with van der Waals surface area (Å²) in [6, 6.07) is 0. The first-order valence-corrected chi connectivity index (χ1v) is 3.75. The summed E-state index contributed by atoms with van der Waals surface area (Å²) in [6.07, 6.45) is 1.10. The first-order chi connectivity index (χ1) is 4.63. The van der Waals surface area contributed by atoms with Crippen LogP contribution in [0.15, 0.2) is 0 Å². The summed E-state index contributed by atoms with van der Waals surface area (Å²) in [5, 5.41) is 7.35. The molecule has 0 saturated heterocycles. The van der Waals surface area contributed by atoms with Crippen LogP contribution in [-0.2, 0) is 4.74 Å². The smallest absolute Gasteiger partial charge is 0.183 e. The van der Waals surface area contributed by atoms with E-state index in [4.69, 9.17) is 10.1 Å². The zero-order valence-corrected chi connectivity index (χ0v) is 7.27. The lowest BCUT2D eigenvalue weighted by molar-refractivity contribution is 0.329.